The third kappa shape index (κ3) is 11.2. The van der Waals surface area contributed by atoms with Crippen molar-refractivity contribution in [3.05, 3.63) is 60.2 Å². The SMILES string of the molecule is CCCCCCCCCCC=CCCCN(C(=O)OC(C)(C)C)c1cccc(C(=O)c2ncc[nH]2)c1. The maximum Gasteiger partial charge on any atom is 0.414 e. The largest absolute Gasteiger partial charge is 0.443 e. The molecule has 1 heterocycles. The molecule has 1 amide bonds. The van der Waals surface area contributed by atoms with Crippen molar-refractivity contribution in [2.75, 3.05) is 11.4 Å². The smallest absolute Gasteiger partial charge is 0.414 e. The molecule has 0 aliphatic rings. The summed E-state index contributed by atoms with van der Waals surface area (Å²) in [5.74, 6) is 0.0625. The van der Waals surface area contributed by atoms with Gasteiger partial charge < -0.3 is 9.72 Å². The number of imidazole rings is 1. The molecule has 1 aromatic carbocycles. The van der Waals surface area contributed by atoms with Crippen molar-refractivity contribution in [2.24, 2.45) is 0 Å². The molecular weight excluding hydrogens is 450 g/mol. The number of hydrogen-bond acceptors (Lipinski definition) is 4. The Morgan fingerprint density at radius 1 is 0.972 bits per heavy atom. The zero-order chi connectivity index (χ0) is 26.2. The molecule has 0 aliphatic carbocycles. The Labute approximate surface area is 217 Å². The molecule has 0 bridgehead atoms. The maximum atomic E-state index is 13.0. The molecule has 0 unspecified atom stereocenters. The summed E-state index contributed by atoms with van der Waals surface area (Å²) >= 11 is 0. The van der Waals surface area contributed by atoms with E-state index < -0.39 is 11.7 Å². The van der Waals surface area contributed by atoms with Crippen LogP contribution >= 0.6 is 0 Å². The monoisotopic (exact) mass is 495 g/mol. The van der Waals surface area contributed by atoms with Crippen LogP contribution in [0.3, 0.4) is 0 Å². The number of carbonyl (C=O) groups is 2. The number of ketones is 1. The lowest BCUT2D eigenvalue weighted by Crippen LogP contribution is -2.37. The van der Waals surface area contributed by atoms with Gasteiger partial charge in [0.2, 0.25) is 5.78 Å². The third-order valence-corrected chi connectivity index (χ3v) is 5.89. The number of nitrogens with zero attached hydrogens (tertiary/aromatic N) is 2. The first-order chi connectivity index (χ1) is 17.3. The highest BCUT2D eigenvalue weighted by Crippen LogP contribution is 2.22. The van der Waals surface area contributed by atoms with Crippen LogP contribution < -0.4 is 4.90 Å². The number of carbonyl (C=O) groups excluding carboxylic acids is 2. The summed E-state index contributed by atoms with van der Waals surface area (Å²) in [6.07, 6.45) is 20.7. The lowest BCUT2D eigenvalue weighted by molar-refractivity contribution is 0.0579. The van der Waals surface area contributed by atoms with Gasteiger partial charge in [0.25, 0.3) is 0 Å². The molecule has 6 heteroatoms. The van der Waals surface area contributed by atoms with E-state index in [0.29, 0.717) is 17.8 Å². The summed E-state index contributed by atoms with van der Waals surface area (Å²) in [5.41, 5.74) is 0.512. The Bertz CT molecular complexity index is 929. The van der Waals surface area contributed by atoms with Crippen molar-refractivity contribution in [3.63, 3.8) is 0 Å². The number of aromatic amines is 1. The molecule has 0 saturated carbocycles. The highest BCUT2D eigenvalue weighted by molar-refractivity contribution is 6.07. The van der Waals surface area contributed by atoms with E-state index in [2.05, 4.69) is 29.0 Å². The summed E-state index contributed by atoms with van der Waals surface area (Å²) in [7, 11) is 0. The van der Waals surface area contributed by atoms with Crippen molar-refractivity contribution < 1.29 is 14.3 Å². The molecule has 1 N–H and O–H groups in total. The van der Waals surface area contributed by atoms with Crippen LogP contribution in [0, 0.1) is 0 Å². The maximum absolute atomic E-state index is 13.0. The quantitative estimate of drug-likeness (QED) is 0.144. The normalized spacial score (nSPS) is 11.7. The average molecular weight is 496 g/mol. The fraction of sp³-hybridized carbons (Fsp3) is 0.567. The van der Waals surface area contributed by atoms with Crippen molar-refractivity contribution in [3.8, 4) is 0 Å². The summed E-state index contributed by atoms with van der Waals surface area (Å²) in [5, 5.41) is 0. The van der Waals surface area contributed by atoms with Crippen LogP contribution in [-0.2, 0) is 4.74 Å². The van der Waals surface area contributed by atoms with Gasteiger partial charge in [0.1, 0.15) is 5.60 Å². The second-order valence-corrected chi connectivity index (χ2v) is 10.3. The average Bonchev–Trinajstić information content (AvgIpc) is 3.38. The van der Waals surface area contributed by atoms with Gasteiger partial charge in [-0.3, -0.25) is 9.69 Å². The van der Waals surface area contributed by atoms with Gasteiger partial charge >= 0.3 is 6.09 Å². The van der Waals surface area contributed by atoms with Crippen LogP contribution in [-0.4, -0.2) is 34.0 Å². The topological polar surface area (TPSA) is 75.3 Å². The van der Waals surface area contributed by atoms with Crippen molar-refractivity contribution >= 4 is 17.6 Å². The van der Waals surface area contributed by atoms with Gasteiger partial charge in [0.05, 0.1) is 0 Å². The minimum atomic E-state index is -0.604. The summed E-state index contributed by atoms with van der Waals surface area (Å²) < 4.78 is 5.66. The van der Waals surface area contributed by atoms with E-state index in [1.807, 2.05) is 26.8 Å². The first-order valence-electron chi connectivity index (χ1n) is 13.6. The van der Waals surface area contributed by atoms with Crippen LogP contribution in [0.1, 0.15) is 115 Å². The molecule has 6 nitrogen and oxygen atoms in total. The van der Waals surface area contributed by atoms with Crippen LogP contribution in [0.4, 0.5) is 10.5 Å². The van der Waals surface area contributed by atoms with Gasteiger partial charge in [-0.1, -0.05) is 76.2 Å². The molecule has 2 rings (SSSR count). The van der Waals surface area contributed by atoms with Gasteiger partial charge in [-0.2, -0.15) is 0 Å². The number of aromatic nitrogens is 2. The Balaban J connectivity index is 1.87. The minimum Gasteiger partial charge on any atom is -0.443 e. The zero-order valence-corrected chi connectivity index (χ0v) is 22.7. The van der Waals surface area contributed by atoms with E-state index in [9.17, 15) is 9.59 Å². The highest BCUT2D eigenvalue weighted by atomic mass is 16.6. The Morgan fingerprint density at radius 3 is 2.28 bits per heavy atom. The number of allylic oxidation sites excluding steroid dienone is 2. The summed E-state index contributed by atoms with van der Waals surface area (Å²) in [4.78, 5) is 34.2. The fourth-order valence-corrected chi connectivity index (χ4v) is 3.98. The van der Waals surface area contributed by atoms with E-state index in [1.54, 1.807) is 35.5 Å². The number of unbranched alkanes of at least 4 members (excludes halogenated alkanes) is 9. The van der Waals surface area contributed by atoms with E-state index in [0.717, 1.165) is 19.3 Å². The molecule has 0 fully saturated rings. The lowest BCUT2D eigenvalue weighted by atomic mass is 10.1. The van der Waals surface area contributed by atoms with Crippen LogP contribution in [0.15, 0.2) is 48.8 Å². The standard InChI is InChI=1S/C30H45N3O3/c1-5-6-7-8-9-10-11-12-13-14-15-16-17-23-33(29(35)36-30(2,3)4)26-20-18-19-25(24-26)27(34)28-31-21-22-32-28/h14-15,18-22,24H,5-13,16-17,23H2,1-4H3,(H,31,32). The van der Waals surface area contributed by atoms with E-state index in [4.69, 9.17) is 4.74 Å². The van der Waals surface area contributed by atoms with Crippen LogP contribution in [0.25, 0.3) is 0 Å². The number of ether oxygens (including phenoxy) is 1. The molecule has 0 radical (unpaired) electrons. The van der Waals surface area contributed by atoms with Crippen molar-refractivity contribution in [1.29, 1.82) is 0 Å². The van der Waals surface area contributed by atoms with Crippen molar-refractivity contribution in [1.82, 2.24) is 9.97 Å². The fourth-order valence-electron chi connectivity index (χ4n) is 3.98. The molecule has 0 aliphatic heterocycles. The molecule has 36 heavy (non-hydrogen) atoms. The second kappa shape index (κ2) is 16.0. The Hall–Kier alpha value is -2.89. The number of rotatable bonds is 16. The van der Waals surface area contributed by atoms with E-state index >= 15 is 0 Å². The molecule has 1 aromatic heterocycles. The van der Waals surface area contributed by atoms with Gasteiger partial charge in [-0.15, -0.1) is 0 Å². The van der Waals surface area contributed by atoms with Crippen molar-refractivity contribution in [2.45, 2.75) is 104 Å². The number of hydrogen-bond donors (Lipinski definition) is 1. The predicted molar refractivity (Wildman–Crippen MR) is 148 cm³/mol. The lowest BCUT2D eigenvalue weighted by Gasteiger charge is -2.27. The van der Waals surface area contributed by atoms with Crippen LogP contribution in [0.2, 0.25) is 0 Å². The number of anilines is 1. The first kappa shape index (κ1) is 29.3. The van der Waals surface area contributed by atoms with E-state index in [1.165, 1.54) is 51.4 Å². The van der Waals surface area contributed by atoms with Gasteiger partial charge in [-0.25, -0.2) is 9.78 Å². The molecule has 0 saturated heterocycles. The predicted octanol–water partition coefficient (Wildman–Crippen LogP) is 8.25. The molecular formula is C30H45N3O3. The zero-order valence-electron chi connectivity index (χ0n) is 22.7. The number of H-pyrrole nitrogens is 1. The summed E-state index contributed by atoms with van der Waals surface area (Å²) in [6, 6.07) is 7.08. The van der Waals surface area contributed by atoms with Gasteiger partial charge in [0.15, 0.2) is 5.82 Å². The molecule has 0 spiro atoms. The second-order valence-electron chi connectivity index (χ2n) is 10.3. The van der Waals surface area contributed by atoms with Crippen LogP contribution in [0.5, 0.6) is 0 Å². The highest BCUT2D eigenvalue weighted by Gasteiger charge is 2.24. The summed E-state index contributed by atoms with van der Waals surface area (Å²) in [6.45, 7) is 8.33. The third-order valence-electron chi connectivity index (χ3n) is 5.89. The Morgan fingerprint density at radius 2 is 1.64 bits per heavy atom. The molecule has 0 atom stereocenters. The molecule has 198 valence electrons. The van der Waals surface area contributed by atoms with Gasteiger partial charge in [0, 0.05) is 30.2 Å². The number of benzene rings is 1. The number of amides is 1. The molecule has 2 aromatic rings. The Kier molecular flexibility index (Phi) is 13.0. The first-order valence-corrected chi connectivity index (χ1v) is 13.6. The van der Waals surface area contributed by atoms with E-state index in [-0.39, 0.29) is 11.6 Å². The number of nitrogens with one attached hydrogen (secondary N) is 1. The van der Waals surface area contributed by atoms with Gasteiger partial charge in [-0.05, 0) is 58.6 Å². The minimum absolute atomic E-state index is 0.213.